The minimum absolute atomic E-state index is 0.0856. The highest BCUT2D eigenvalue weighted by Crippen LogP contribution is 2.30. The zero-order valence-corrected chi connectivity index (χ0v) is 11.1. The maximum absolute atomic E-state index is 12.1. The maximum atomic E-state index is 12.1. The van der Waals surface area contributed by atoms with E-state index in [2.05, 4.69) is 5.32 Å². The number of hydrogen-bond donors (Lipinski definition) is 1. The molecule has 0 radical (unpaired) electrons. The fourth-order valence-corrected chi connectivity index (χ4v) is 2.86. The molecule has 3 rings (SSSR count). The molecule has 2 aromatic rings. The highest BCUT2D eigenvalue weighted by atomic mass is 16.3. The fraction of sp³-hybridized carbons (Fsp3) is 0.400. The largest absolute Gasteiger partial charge is 0.471 e. The lowest BCUT2D eigenvalue weighted by atomic mass is 10.0. The van der Waals surface area contributed by atoms with Crippen molar-refractivity contribution in [2.24, 2.45) is 0 Å². The normalized spacial score (nSPS) is 19.5. The number of carbonyl (C=O) groups excluding carboxylic acids is 1. The van der Waals surface area contributed by atoms with Gasteiger partial charge in [0.15, 0.2) is 0 Å². The van der Waals surface area contributed by atoms with E-state index in [9.17, 15) is 4.79 Å². The number of benzene rings is 1. The number of carbonyl (C=O) groups is 1. The highest BCUT2D eigenvalue weighted by molar-refractivity contribution is 6.02. The van der Waals surface area contributed by atoms with Gasteiger partial charge in [0.25, 0.3) is 0 Å². The molecule has 100 valence electrons. The van der Waals surface area contributed by atoms with Crippen molar-refractivity contribution in [3.05, 3.63) is 30.7 Å². The molecule has 1 atom stereocenters. The number of nitrogens with one attached hydrogen (secondary N) is 1. The summed E-state index contributed by atoms with van der Waals surface area (Å²) in [5.41, 5.74) is 0.951. The molecule has 0 spiro atoms. The topological polar surface area (TPSA) is 45.5 Å². The first-order valence-electron chi connectivity index (χ1n) is 6.73. The summed E-state index contributed by atoms with van der Waals surface area (Å²) in [5, 5.41) is 5.40. The Labute approximate surface area is 112 Å². The van der Waals surface area contributed by atoms with Gasteiger partial charge in [-0.25, -0.2) is 0 Å². The molecule has 0 bridgehead atoms. The van der Waals surface area contributed by atoms with Gasteiger partial charge in [0.2, 0.25) is 5.91 Å². The van der Waals surface area contributed by atoms with Gasteiger partial charge in [-0.3, -0.25) is 4.79 Å². The minimum Gasteiger partial charge on any atom is -0.471 e. The Morgan fingerprint density at radius 2 is 2.32 bits per heavy atom. The van der Waals surface area contributed by atoms with Gasteiger partial charge in [-0.15, -0.1) is 0 Å². The number of piperidine rings is 1. The van der Waals surface area contributed by atoms with Crippen molar-refractivity contribution >= 4 is 22.4 Å². The van der Waals surface area contributed by atoms with Crippen LogP contribution in [0.15, 0.2) is 35.1 Å². The van der Waals surface area contributed by atoms with Gasteiger partial charge in [0.1, 0.15) is 6.26 Å². The van der Waals surface area contributed by atoms with Gasteiger partial charge in [0, 0.05) is 30.3 Å². The number of fused-ring (bicyclic) bond motifs is 1. The molecule has 1 aliphatic heterocycles. The first-order valence-corrected chi connectivity index (χ1v) is 6.73. The van der Waals surface area contributed by atoms with E-state index in [1.165, 1.54) is 0 Å². The van der Waals surface area contributed by atoms with Gasteiger partial charge in [-0.05, 0) is 25.5 Å². The van der Waals surface area contributed by atoms with Crippen molar-refractivity contribution in [3.63, 3.8) is 0 Å². The van der Waals surface area contributed by atoms with Crippen LogP contribution in [-0.4, -0.2) is 25.0 Å². The van der Waals surface area contributed by atoms with Gasteiger partial charge >= 0.3 is 0 Å². The SMILES string of the molecule is CC(=O)N(c1cccc2cocc12)C1CCCNC1. The van der Waals surface area contributed by atoms with Crippen LogP contribution in [-0.2, 0) is 4.79 Å². The number of hydrogen-bond acceptors (Lipinski definition) is 3. The number of nitrogens with zero attached hydrogens (tertiary/aromatic N) is 1. The molecule has 0 saturated carbocycles. The molecule has 1 fully saturated rings. The Kier molecular flexibility index (Phi) is 3.25. The summed E-state index contributed by atoms with van der Waals surface area (Å²) < 4.78 is 5.27. The number of amides is 1. The second kappa shape index (κ2) is 5.05. The van der Waals surface area contributed by atoms with Crippen LogP contribution in [0, 0.1) is 0 Å². The Morgan fingerprint density at radius 3 is 3.05 bits per heavy atom. The Balaban J connectivity index is 2.04. The maximum Gasteiger partial charge on any atom is 0.224 e. The first-order chi connectivity index (χ1) is 9.27. The third-order valence-electron chi connectivity index (χ3n) is 3.73. The second-order valence-corrected chi connectivity index (χ2v) is 5.04. The highest BCUT2D eigenvalue weighted by Gasteiger charge is 2.25. The molecule has 4 heteroatoms. The molecule has 2 heterocycles. The smallest absolute Gasteiger partial charge is 0.224 e. The fourth-order valence-electron chi connectivity index (χ4n) is 2.86. The van der Waals surface area contributed by atoms with Crippen LogP contribution in [0.3, 0.4) is 0 Å². The van der Waals surface area contributed by atoms with Crippen LogP contribution in [0.1, 0.15) is 19.8 Å². The minimum atomic E-state index is 0.0856. The molecule has 1 aromatic carbocycles. The summed E-state index contributed by atoms with van der Waals surface area (Å²) in [5.74, 6) is 0.0856. The van der Waals surface area contributed by atoms with Gasteiger partial charge in [-0.1, -0.05) is 12.1 Å². The summed E-state index contributed by atoms with van der Waals surface area (Å²) >= 11 is 0. The number of furan rings is 1. The van der Waals surface area contributed by atoms with Crippen molar-refractivity contribution < 1.29 is 9.21 Å². The third-order valence-corrected chi connectivity index (χ3v) is 3.73. The van der Waals surface area contributed by atoms with Crippen molar-refractivity contribution in [2.75, 3.05) is 18.0 Å². The second-order valence-electron chi connectivity index (χ2n) is 5.04. The van der Waals surface area contributed by atoms with Gasteiger partial charge in [0.05, 0.1) is 12.0 Å². The molecule has 19 heavy (non-hydrogen) atoms. The van der Waals surface area contributed by atoms with E-state index < -0.39 is 0 Å². The van der Waals surface area contributed by atoms with Gasteiger partial charge < -0.3 is 14.6 Å². The van der Waals surface area contributed by atoms with Crippen molar-refractivity contribution in [1.82, 2.24) is 5.32 Å². The molecule has 1 N–H and O–H groups in total. The summed E-state index contributed by atoms with van der Waals surface area (Å²) in [7, 11) is 0. The lowest BCUT2D eigenvalue weighted by molar-refractivity contribution is -0.117. The average molecular weight is 258 g/mol. The number of anilines is 1. The molecule has 1 aliphatic rings. The molecule has 1 saturated heterocycles. The van der Waals surface area contributed by atoms with Crippen molar-refractivity contribution in [2.45, 2.75) is 25.8 Å². The van der Waals surface area contributed by atoms with E-state index in [1.807, 2.05) is 23.1 Å². The van der Waals surface area contributed by atoms with E-state index in [0.29, 0.717) is 0 Å². The van der Waals surface area contributed by atoms with E-state index in [-0.39, 0.29) is 11.9 Å². The molecule has 1 unspecified atom stereocenters. The van der Waals surface area contributed by atoms with Crippen LogP contribution in [0.25, 0.3) is 10.8 Å². The van der Waals surface area contributed by atoms with E-state index in [1.54, 1.807) is 19.5 Å². The Hall–Kier alpha value is -1.81. The van der Waals surface area contributed by atoms with Crippen molar-refractivity contribution in [3.8, 4) is 0 Å². The van der Waals surface area contributed by atoms with Crippen LogP contribution >= 0.6 is 0 Å². The standard InChI is InChI=1S/C15H18N2O2/c1-11(18)17(13-5-3-7-16-8-13)15-6-2-4-12-9-19-10-14(12)15/h2,4,6,9-10,13,16H,3,5,7-8H2,1H3. The zero-order chi connectivity index (χ0) is 13.2. The van der Waals surface area contributed by atoms with Crippen LogP contribution in [0.5, 0.6) is 0 Å². The van der Waals surface area contributed by atoms with Crippen LogP contribution in [0.2, 0.25) is 0 Å². The monoisotopic (exact) mass is 258 g/mol. The summed E-state index contributed by atoms with van der Waals surface area (Å²) in [6.45, 7) is 3.53. The van der Waals surface area contributed by atoms with Crippen molar-refractivity contribution in [1.29, 1.82) is 0 Å². The average Bonchev–Trinajstić information content (AvgIpc) is 2.89. The zero-order valence-electron chi connectivity index (χ0n) is 11.1. The predicted octanol–water partition coefficient (Wildman–Crippen LogP) is 2.54. The first kappa shape index (κ1) is 12.2. The number of rotatable bonds is 2. The van der Waals surface area contributed by atoms with E-state index >= 15 is 0 Å². The summed E-state index contributed by atoms with van der Waals surface area (Å²) in [6, 6.07) is 6.19. The lowest BCUT2D eigenvalue weighted by Crippen LogP contribution is -2.48. The molecular weight excluding hydrogens is 240 g/mol. The lowest BCUT2D eigenvalue weighted by Gasteiger charge is -2.34. The van der Waals surface area contributed by atoms with E-state index in [4.69, 9.17) is 4.42 Å². The summed E-state index contributed by atoms with van der Waals surface area (Å²) in [4.78, 5) is 14.0. The molecule has 0 aliphatic carbocycles. The van der Waals surface area contributed by atoms with Gasteiger partial charge in [-0.2, -0.15) is 0 Å². The quantitative estimate of drug-likeness (QED) is 0.900. The summed E-state index contributed by atoms with van der Waals surface area (Å²) in [6.07, 6.45) is 5.59. The molecule has 4 nitrogen and oxygen atoms in total. The predicted molar refractivity (Wildman–Crippen MR) is 75.3 cm³/mol. The van der Waals surface area contributed by atoms with Crippen LogP contribution in [0.4, 0.5) is 5.69 Å². The van der Waals surface area contributed by atoms with Crippen LogP contribution < -0.4 is 10.2 Å². The van der Waals surface area contributed by atoms with E-state index in [0.717, 1.165) is 42.4 Å². The Bertz CT molecular complexity index is 585. The third kappa shape index (κ3) is 2.24. The molecule has 1 amide bonds. The molecule has 1 aromatic heterocycles. The Morgan fingerprint density at radius 1 is 1.42 bits per heavy atom. The molecular formula is C15H18N2O2.